The van der Waals surface area contributed by atoms with Gasteiger partial charge in [0.1, 0.15) is 12.0 Å². The Labute approximate surface area is 119 Å². The summed E-state index contributed by atoms with van der Waals surface area (Å²) in [6.07, 6.45) is 9.22. The molecule has 0 spiro atoms. The molecule has 1 N–H and O–H groups in total. The van der Waals surface area contributed by atoms with Gasteiger partial charge in [-0.15, -0.1) is 0 Å². The molecule has 0 bridgehead atoms. The van der Waals surface area contributed by atoms with Crippen molar-refractivity contribution in [1.29, 1.82) is 0 Å². The van der Waals surface area contributed by atoms with E-state index in [4.69, 9.17) is 4.74 Å². The van der Waals surface area contributed by atoms with Gasteiger partial charge in [-0.3, -0.25) is 4.79 Å². The molecule has 0 fully saturated rings. The van der Waals surface area contributed by atoms with Crippen LogP contribution in [0.1, 0.15) is 36.2 Å². The van der Waals surface area contributed by atoms with Crippen LogP contribution in [0.2, 0.25) is 0 Å². The van der Waals surface area contributed by atoms with Crippen molar-refractivity contribution in [1.82, 2.24) is 0 Å². The van der Waals surface area contributed by atoms with E-state index in [-0.39, 0.29) is 5.75 Å². The summed E-state index contributed by atoms with van der Waals surface area (Å²) in [6.45, 7) is 4.00. The van der Waals surface area contributed by atoms with Gasteiger partial charge < -0.3 is 9.84 Å². The number of ether oxygens (including phenoxy) is 1. The maximum atomic E-state index is 10.7. The van der Waals surface area contributed by atoms with E-state index in [0.717, 1.165) is 23.3 Å². The Bertz CT molecular complexity index is 545. The molecule has 0 saturated heterocycles. The number of aldehydes is 1. The summed E-state index contributed by atoms with van der Waals surface area (Å²) in [5.74, 6) is 1.00. The maximum Gasteiger partial charge on any atom is 0.150 e. The van der Waals surface area contributed by atoms with Gasteiger partial charge in [0.2, 0.25) is 0 Å². The normalized spacial score (nSPS) is 12.8. The molecule has 20 heavy (non-hydrogen) atoms. The van der Waals surface area contributed by atoms with Crippen LogP contribution in [0.3, 0.4) is 0 Å². The summed E-state index contributed by atoms with van der Waals surface area (Å²) in [7, 11) is 1.65. The predicted octanol–water partition coefficient (Wildman–Crippen LogP) is 4.10. The van der Waals surface area contributed by atoms with Gasteiger partial charge in [0, 0.05) is 12.0 Å². The molecule has 1 rings (SSSR count). The van der Waals surface area contributed by atoms with Gasteiger partial charge in [-0.2, -0.15) is 0 Å². The predicted molar refractivity (Wildman–Crippen MR) is 81.7 cm³/mol. The number of phenols is 1. The summed E-state index contributed by atoms with van der Waals surface area (Å²) >= 11 is 0. The quantitative estimate of drug-likeness (QED) is 0.481. The van der Waals surface area contributed by atoms with E-state index < -0.39 is 0 Å². The fraction of sp³-hybridized carbons (Fsp3) is 0.235. The molecule has 3 nitrogen and oxygen atoms in total. The highest BCUT2D eigenvalue weighted by Crippen LogP contribution is 2.16. The smallest absolute Gasteiger partial charge is 0.150 e. The van der Waals surface area contributed by atoms with Crippen molar-refractivity contribution < 1.29 is 14.6 Å². The summed E-state index contributed by atoms with van der Waals surface area (Å²) in [6, 6.07) is 4.76. The van der Waals surface area contributed by atoms with Crippen molar-refractivity contribution in [2.45, 2.75) is 20.3 Å². The second-order valence-corrected chi connectivity index (χ2v) is 4.41. The zero-order valence-corrected chi connectivity index (χ0v) is 12.1. The average Bonchev–Trinajstić information content (AvgIpc) is 2.45. The molecule has 0 atom stereocenters. The Balaban J connectivity index is 2.86. The zero-order chi connectivity index (χ0) is 15.0. The third-order valence-corrected chi connectivity index (χ3v) is 2.78. The summed E-state index contributed by atoms with van der Waals surface area (Å²) < 4.78 is 5.18. The van der Waals surface area contributed by atoms with Crippen LogP contribution in [0.25, 0.3) is 6.08 Å². The van der Waals surface area contributed by atoms with E-state index in [2.05, 4.69) is 0 Å². The minimum atomic E-state index is 0.0865. The topological polar surface area (TPSA) is 46.5 Å². The Morgan fingerprint density at radius 1 is 1.25 bits per heavy atom. The first-order valence-corrected chi connectivity index (χ1v) is 6.47. The Kier molecular flexibility index (Phi) is 6.30. The molecule has 0 saturated carbocycles. The number of phenolic OH excluding ortho intramolecular Hbond substituents is 1. The molecule has 0 aromatic heterocycles. The summed E-state index contributed by atoms with van der Waals surface area (Å²) in [5, 5.41) is 9.50. The molecule has 1 aromatic carbocycles. The van der Waals surface area contributed by atoms with Crippen molar-refractivity contribution >= 4 is 12.4 Å². The molecule has 0 unspecified atom stereocenters. The van der Waals surface area contributed by atoms with Gasteiger partial charge in [-0.05, 0) is 36.8 Å². The fourth-order valence-electron chi connectivity index (χ4n) is 1.66. The molecule has 0 aliphatic heterocycles. The van der Waals surface area contributed by atoms with Gasteiger partial charge in [0.25, 0.3) is 0 Å². The first kappa shape index (κ1) is 15.8. The standard InChI is InChI=1S/C17H20O3/c1-4-17(20-3)8-6-13(2)5-7-14-9-15(12-18)11-16(19)10-14/h5-12,19H,4H2,1-3H3/b7-5+,13-6+,17-8+. The third-order valence-electron chi connectivity index (χ3n) is 2.78. The van der Waals surface area contributed by atoms with Crippen LogP contribution in [0.4, 0.5) is 0 Å². The van der Waals surface area contributed by atoms with Crippen molar-refractivity contribution in [3.05, 3.63) is 58.9 Å². The maximum absolute atomic E-state index is 10.7. The van der Waals surface area contributed by atoms with E-state index >= 15 is 0 Å². The third kappa shape index (κ3) is 5.14. The average molecular weight is 272 g/mol. The van der Waals surface area contributed by atoms with Gasteiger partial charge in [-0.1, -0.05) is 30.7 Å². The van der Waals surface area contributed by atoms with E-state index in [1.807, 2.05) is 38.2 Å². The molecule has 0 heterocycles. The fourth-order valence-corrected chi connectivity index (χ4v) is 1.66. The van der Waals surface area contributed by atoms with Crippen LogP contribution in [0, 0.1) is 0 Å². The first-order chi connectivity index (χ1) is 9.58. The molecule has 0 aliphatic carbocycles. The first-order valence-electron chi connectivity index (χ1n) is 6.47. The SMILES string of the molecule is CC\C(=C/C=C(C)/C=C/c1cc(O)cc(C=O)c1)OC. The minimum absolute atomic E-state index is 0.0865. The monoisotopic (exact) mass is 272 g/mol. The summed E-state index contributed by atoms with van der Waals surface area (Å²) in [5.41, 5.74) is 2.29. The Morgan fingerprint density at radius 3 is 2.55 bits per heavy atom. The number of hydrogen-bond donors (Lipinski definition) is 1. The van der Waals surface area contributed by atoms with Gasteiger partial charge >= 0.3 is 0 Å². The Morgan fingerprint density at radius 2 is 1.95 bits per heavy atom. The lowest BCUT2D eigenvalue weighted by Crippen LogP contribution is -1.83. The lowest BCUT2D eigenvalue weighted by Gasteiger charge is -2.00. The lowest BCUT2D eigenvalue weighted by atomic mass is 10.1. The van der Waals surface area contributed by atoms with E-state index in [0.29, 0.717) is 11.8 Å². The van der Waals surface area contributed by atoms with Gasteiger partial charge in [-0.25, -0.2) is 0 Å². The van der Waals surface area contributed by atoms with Crippen molar-refractivity contribution in [3.63, 3.8) is 0 Å². The van der Waals surface area contributed by atoms with E-state index in [1.54, 1.807) is 19.2 Å². The number of carbonyl (C=O) groups is 1. The number of aromatic hydroxyl groups is 1. The highest BCUT2D eigenvalue weighted by molar-refractivity contribution is 5.77. The van der Waals surface area contributed by atoms with E-state index in [9.17, 15) is 9.90 Å². The van der Waals surface area contributed by atoms with Crippen LogP contribution in [-0.4, -0.2) is 18.5 Å². The largest absolute Gasteiger partial charge is 0.508 e. The number of methoxy groups -OCH3 is 1. The number of rotatable bonds is 6. The highest BCUT2D eigenvalue weighted by Gasteiger charge is 1.96. The second kappa shape index (κ2) is 8.00. The van der Waals surface area contributed by atoms with Crippen molar-refractivity contribution in [2.24, 2.45) is 0 Å². The van der Waals surface area contributed by atoms with Crippen LogP contribution in [0.5, 0.6) is 5.75 Å². The van der Waals surface area contributed by atoms with Gasteiger partial charge in [0.15, 0.2) is 0 Å². The van der Waals surface area contributed by atoms with Crippen LogP contribution in [-0.2, 0) is 4.74 Å². The number of benzene rings is 1. The zero-order valence-electron chi connectivity index (χ0n) is 12.1. The highest BCUT2D eigenvalue weighted by atomic mass is 16.5. The number of carbonyl (C=O) groups excluding carboxylic acids is 1. The van der Waals surface area contributed by atoms with Crippen LogP contribution >= 0.6 is 0 Å². The number of hydrogen-bond acceptors (Lipinski definition) is 3. The van der Waals surface area contributed by atoms with E-state index in [1.165, 1.54) is 6.07 Å². The van der Waals surface area contributed by atoms with Crippen LogP contribution < -0.4 is 0 Å². The second-order valence-electron chi connectivity index (χ2n) is 4.41. The molecule has 0 radical (unpaired) electrons. The van der Waals surface area contributed by atoms with Gasteiger partial charge in [0.05, 0.1) is 12.9 Å². The molecule has 0 amide bonds. The molecule has 3 heteroatoms. The Hall–Kier alpha value is -2.29. The lowest BCUT2D eigenvalue weighted by molar-refractivity contribution is 0.112. The van der Waals surface area contributed by atoms with Crippen molar-refractivity contribution in [2.75, 3.05) is 7.11 Å². The molecule has 106 valence electrons. The van der Waals surface area contributed by atoms with Crippen LogP contribution in [0.15, 0.2) is 47.8 Å². The van der Waals surface area contributed by atoms with Crippen molar-refractivity contribution in [3.8, 4) is 5.75 Å². The number of allylic oxidation sites excluding steroid dienone is 5. The molecular weight excluding hydrogens is 252 g/mol. The minimum Gasteiger partial charge on any atom is -0.508 e. The molecular formula is C17H20O3. The molecule has 0 aliphatic rings. The summed E-state index contributed by atoms with van der Waals surface area (Å²) in [4.78, 5) is 10.7. The molecule has 1 aromatic rings.